The van der Waals surface area contributed by atoms with Crippen LogP contribution in [-0.2, 0) is 4.74 Å². The Kier molecular flexibility index (Phi) is 4.01. The topological polar surface area (TPSA) is 51.5 Å². The lowest BCUT2D eigenvalue weighted by Crippen LogP contribution is -2.07. The second-order valence-electron chi connectivity index (χ2n) is 5.20. The normalized spacial score (nSPS) is 10.9. The third-order valence-electron chi connectivity index (χ3n) is 3.73. The summed E-state index contributed by atoms with van der Waals surface area (Å²) in [6.45, 7) is 3.91. The number of benzene rings is 2. The van der Waals surface area contributed by atoms with Crippen molar-refractivity contribution in [2.45, 2.75) is 13.8 Å². The van der Waals surface area contributed by atoms with Gasteiger partial charge in [0.25, 0.3) is 0 Å². The molecule has 0 aliphatic heterocycles. The predicted molar refractivity (Wildman–Crippen MR) is 90.6 cm³/mol. The molecule has 0 unspecified atom stereocenters. The summed E-state index contributed by atoms with van der Waals surface area (Å²) >= 11 is 6.10. The van der Waals surface area contributed by atoms with Gasteiger partial charge in [-0.3, -0.25) is 0 Å². The quantitative estimate of drug-likeness (QED) is 0.721. The number of aromatic nitrogens is 1. The van der Waals surface area contributed by atoms with Crippen LogP contribution in [0.4, 0.5) is 0 Å². The summed E-state index contributed by atoms with van der Waals surface area (Å²) in [4.78, 5) is 12.4. The van der Waals surface area contributed by atoms with E-state index >= 15 is 0 Å². The molecule has 2 aromatic carbocycles. The van der Waals surface area contributed by atoms with E-state index in [0.29, 0.717) is 22.6 Å². The van der Waals surface area contributed by atoms with Gasteiger partial charge in [-0.1, -0.05) is 17.7 Å². The van der Waals surface area contributed by atoms with Crippen LogP contribution >= 0.6 is 11.6 Å². The minimum atomic E-state index is -0.402. The fourth-order valence-electron chi connectivity index (χ4n) is 2.82. The van der Waals surface area contributed by atoms with E-state index in [1.165, 1.54) is 0 Å². The molecule has 0 bridgehead atoms. The first kappa shape index (κ1) is 15.4. The van der Waals surface area contributed by atoms with Crippen molar-refractivity contribution in [2.75, 3.05) is 6.61 Å². The number of aromatic hydroxyl groups is 1. The maximum absolute atomic E-state index is 12.4. The summed E-state index contributed by atoms with van der Waals surface area (Å²) in [6, 6.07) is 12.3. The van der Waals surface area contributed by atoms with Gasteiger partial charge >= 0.3 is 5.97 Å². The van der Waals surface area contributed by atoms with Gasteiger partial charge in [0.15, 0.2) is 0 Å². The largest absolute Gasteiger partial charge is 0.508 e. The zero-order valence-electron chi connectivity index (χ0n) is 12.8. The molecule has 0 radical (unpaired) electrons. The van der Waals surface area contributed by atoms with Crippen molar-refractivity contribution >= 4 is 28.5 Å². The smallest absolute Gasteiger partial charge is 0.340 e. The third-order valence-corrected chi connectivity index (χ3v) is 3.97. The monoisotopic (exact) mass is 329 g/mol. The second kappa shape index (κ2) is 5.97. The molecule has 3 rings (SSSR count). The summed E-state index contributed by atoms with van der Waals surface area (Å²) < 4.78 is 7.11. The maximum Gasteiger partial charge on any atom is 0.340 e. The number of halogens is 1. The average Bonchev–Trinajstić information content (AvgIpc) is 2.78. The van der Waals surface area contributed by atoms with E-state index in [1.807, 2.05) is 29.7 Å². The molecule has 0 atom stereocenters. The van der Waals surface area contributed by atoms with Crippen LogP contribution in [0, 0.1) is 6.92 Å². The molecular formula is C18H16ClNO3. The van der Waals surface area contributed by atoms with E-state index in [9.17, 15) is 9.90 Å². The van der Waals surface area contributed by atoms with Crippen LogP contribution in [0.25, 0.3) is 16.6 Å². The molecule has 23 heavy (non-hydrogen) atoms. The Balaban J connectivity index is 2.34. The van der Waals surface area contributed by atoms with Crippen LogP contribution in [-0.4, -0.2) is 22.2 Å². The number of phenolic OH excluding ortho intramolecular Hbond substituents is 1. The maximum atomic E-state index is 12.4. The number of ether oxygens (including phenoxy) is 1. The summed E-state index contributed by atoms with van der Waals surface area (Å²) in [7, 11) is 0. The lowest BCUT2D eigenvalue weighted by Gasteiger charge is -2.09. The Morgan fingerprint density at radius 1 is 1.26 bits per heavy atom. The zero-order valence-corrected chi connectivity index (χ0v) is 13.6. The lowest BCUT2D eigenvalue weighted by atomic mass is 10.1. The average molecular weight is 330 g/mol. The second-order valence-corrected chi connectivity index (χ2v) is 5.63. The number of rotatable bonds is 3. The minimum absolute atomic E-state index is 0.103. The van der Waals surface area contributed by atoms with Crippen LogP contribution in [0.1, 0.15) is 23.0 Å². The molecule has 5 heteroatoms. The lowest BCUT2D eigenvalue weighted by molar-refractivity contribution is 0.0527. The fraction of sp³-hybridized carbons (Fsp3) is 0.167. The first-order valence-electron chi connectivity index (χ1n) is 7.30. The van der Waals surface area contributed by atoms with Crippen LogP contribution in [0.3, 0.4) is 0 Å². The molecule has 3 aromatic rings. The van der Waals surface area contributed by atoms with Gasteiger partial charge in [-0.25, -0.2) is 4.79 Å². The molecule has 1 N–H and O–H groups in total. The number of hydrogen-bond donors (Lipinski definition) is 1. The van der Waals surface area contributed by atoms with Gasteiger partial charge in [0.1, 0.15) is 5.75 Å². The van der Waals surface area contributed by atoms with Crippen LogP contribution in [0.2, 0.25) is 5.02 Å². The number of hydrogen-bond acceptors (Lipinski definition) is 3. The fourth-order valence-corrected chi connectivity index (χ4v) is 3.00. The highest BCUT2D eigenvalue weighted by molar-refractivity contribution is 6.30. The molecule has 4 nitrogen and oxygen atoms in total. The molecule has 1 heterocycles. The predicted octanol–water partition coefficient (Wildman–Crippen LogP) is 4.47. The molecule has 0 saturated heterocycles. The van der Waals surface area contributed by atoms with Crippen LogP contribution in [0.5, 0.6) is 5.75 Å². The van der Waals surface area contributed by atoms with Crippen molar-refractivity contribution < 1.29 is 14.6 Å². The van der Waals surface area contributed by atoms with Crippen molar-refractivity contribution in [3.8, 4) is 11.4 Å². The van der Waals surface area contributed by atoms with Gasteiger partial charge in [-0.2, -0.15) is 0 Å². The summed E-state index contributed by atoms with van der Waals surface area (Å²) in [5.74, 6) is -0.298. The Morgan fingerprint density at radius 3 is 2.74 bits per heavy atom. The Bertz CT molecular complexity index is 899. The van der Waals surface area contributed by atoms with E-state index in [2.05, 4.69) is 0 Å². The first-order valence-corrected chi connectivity index (χ1v) is 7.67. The molecule has 0 amide bonds. The van der Waals surface area contributed by atoms with Gasteiger partial charge < -0.3 is 14.4 Å². The first-order chi connectivity index (χ1) is 11.0. The van der Waals surface area contributed by atoms with Crippen molar-refractivity contribution in [2.24, 2.45) is 0 Å². The van der Waals surface area contributed by atoms with Crippen LogP contribution < -0.4 is 0 Å². The summed E-state index contributed by atoms with van der Waals surface area (Å²) in [5, 5.41) is 11.1. The van der Waals surface area contributed by atoms with Gasteiger partial charge in [0.2, 0.25) is 0 Å². The van der Waals surface area contributed by atoms with Crippen LogP contribution in [0.15, 0.2) is 42.5 Å². The number of phenols is 1. The van der Waals surface area contributed by atoms with Gasteiger partial charge in [-0.15, -0.1) is 0 Å². The van der Waals surface area contributed by atoms with Gasteiger partial charge in [0.05, 0.1) is 17.7 Å². The minimum Gasteiger partial charge on any atom is -0.508 e. The highest BCUT2D eigenvalue weighted by atomic mass is 35.5. The zero-order chi connectivity index (χ0) is 16.6. The molecule has 0 spiro atoms. The van der Waals surface area contributed by atoms with Crippen molar-refractivity contribution in [1.29, 1.82) is 0 Å². The molecule has 1 aromatic heterocycles. The van der Waals surface area contributed by atoms with Crippen molar-refractivity contribution in [1.82, 2.24) is 4.57 Å². The number of nitrogens with zero attached hydrogens (tertiary/aromatic N) is 1. The Hall–Kier alpha value is -2.46. The third kappa shape index (κ3) is 2.66. The van der Waals surface area contributed by atoms with E-state index < -0.39 is 5.97 Å². The van der Waals surface area contributed by atoms with Gasteiger partial charge in [0, 0.05) is 21.8 Å². The number of carbonyl (C=O) groups is 1. The number of carbonyl (C=O) groups excluding carboxylic acids is 1. The standard InChI is InChI=1S/C18H16ClNO3/c1-3-23-18(22)17-11(2)20(13-6-4-5-12(19)9-13)16-8-7-14(21)10-15(16)17/h4-10,21H,3H2,1-2H3. The molecule has 0 aliphatic carbocycles. The van der Waals surface area contributed by atoms with Gasteiger partial charge in [-0.05, 0) is 50.2 Å². The number of fused-ring (bicyclic) bond motifs is 1. The van der Waals surface area contributed by atoms with E-state index in [4.69, 9.17) is 16.3 Å². The van der Waals surface area contributed by atoms with E-state index in [0.717, 1.165) is 16.9 Å². The molecule has 0 fully saturated rings. The molecule has 0 saturated carbocycles. The highest BCUT2D eigenvalue weighted by Crippen LogP contribution is 2.32. The molecule has 118 valence electrons. The SMILES string of the molecule is CCOC(=O)c1c(C)n(-c2cccc(Cl)c2)c2ccc(O)cc12. The summed E-state index contributed by atoms with van der Waals surface area (Å²) in [6.07, 6.45) is 0. The van der Waals surface area contributed by atoms with E-state index in [1.54, 1.807) is 31.2 Å². The molecular weight excluding hydrogens is 314 g/mol. The molecule has 0 aliphatic rings. The summed E-state index contributed by atoms with van der Waals surface area (Å²) in [5.41, 5.74) is 2.86. The number of esters is 1. The Labute approximate surface area is 138 Å². The van der Waals surface area contributed by atoms with Crippen molar-refractivity contribution in [3.05, 3.63) is 58.7 Å². The van der Waals surface area contributed by atoms with Crippen molar-refractivity contribution in [3.63, 3.8) is 0 Å². The van der Waals surface area contributed by atoms with E-state index in [-0.39, 0.29) is 5.75 Å². The Morgan fingerprint density at radius 2 is 2.04 bits per heavy atom. The highest BCUT2D eigenvalue weighted by Gasteiger charge is 2.22.